The number of nitrogens with two attached hydrogens (primary N) is 1. The highest BCUT2D eigenvalue weighted by molar-refractivity contribution is 7.17. The fourth-order valence-electron chi connectivity index (χ4n) is 4.07. The third kappa shape index (κ3) is 4.67. The number of hydrogen-bond acceptors (Lipinski definition) is 6. The van der Waals surface area contributed by atoms with E-state index in [2.05, 4.69) is 33.8 Å². The predicted molar refractivity (Wildman–Crippen MR) is 152 cm³/mol. The van der Waals surface area contributed by atoms with Crippen molar-refractivity contribution in [3.8, 4) is 37.8 Å². The van der Waals surface area contributed by atoms with Gasteiger partial charge in [0, 0.05) is 10.4 Å². The SMILES string of the molecule is Nc1ccc(-c2cccs2)cc1NC(=O)c1ccc(-c2cn(-c3ccccc3-c3ccccc3)nn2)s1. The molecule has 0 unspecified atom stereocenters. The zero-order valence-electron chi connectivity index (χ0n) is 19.5. The second-order valence-electron chi connectivity index (χ2n) is 8.33. The fourth-order valence-corrected chi connectivity index (χ4v) is 5.65. The van der Waals surface area contributed by atoms with Crippen molar-refractivity contribution in [3.63, 3.8) is 0 Å². The summed E-state index contributed by atoms with van der Waals surface area (Å²) < 4.78 is 1.77. The first-order chi connectivity index (χ1) is 18.2. The third-order valence-corrected chi connectivity index (χ3v) is 7.94. The number of rotatable bonds is 6. The lowest BCUT2D eigenvalue weighted by molar-refractivity contribution is 0.103. The van der Waals surface area contributed by atoms with Gasteiger partial charge >= 0.3 is 0 Å². The Bertz CT molecular complexity index is 1690. The lowest BCUT2D eigenvalue weighted by atomic mass is 10.0. The molecule has 0 bridgehead atoms. The van der Waals surface area contributed by atoms with Crippen LogP contribution in [0.3, 0.4) is 0 Å². The van der Waals surface area contributed by atoms with Gasteiger partial charge in [-0.25, -0.2) is 4.68 Å². The highest BCUT2D eigenvalue weighted by Crippen LogP contribution is 2.32. The van der Waals surface area contributed by atoms with E-state index in [1.807, 2.05) is 84.4 Å². The lowest BCUT2D eigenvalue weighted by Crippen LogP contribution is -2.11. The second kappa shape index (κ2) is 9.85. The molecule has 0 aliphatic rings. The summed E-state index contributed by atoms with van der Waals surface area (Å²) in [7, 11) is 0. The first-order valence-corrected chi connectivity index (χ1v) is 13.3. The number of nitrogens with zero attached hydrogens (tertiary/aromatic N) is 3. The average molecular weight is 520 g/mol. The zero-order chi connectivity index (χ0) is 25.2. The number of anilines is 2. The van der Waals surface area contributed by atoms with E-state index >= 15 is 0 Å². The molecular formula is C29H21N5OS2. The minimum Gasteiger partial charge on any atom is -0.397 e. The summed E-state index contributed by atoms with van der Waals surface area (Å²) >= 11 is 3.00. The Hall–Kier alpha value is -4.53. The largest absolute Gasteiger partial charge is 0.397 e. The molecule has 0 spiro atoms. The smallest absolute Gasteiger partial charge is 0.265 e. The second-order valence-corrected chi connectivity index (χ2v) is 10.4. The summed E-state index contributed by atoms with van der Waals surface area (Å²) in [6.45, 7) is 0. The average Bonchev–Trinajstić information content (AvgIpc) is 3.72. The van der Waals surface area contributed by atoms with Crippen molar-refractivity contribution < 1.29 is 4.79 Å². The van der Waals surface area contributed by atoms with Gasteiger partial charge in [0.25, 0.3) is 5.91 Å². The van der Waals surface area contributed by atoms with E-state index < -0.39 is 0 Å². The number of aromatic nitrogens is 3. The molecule has 0 aliphatic heterocycles. The van der Waals surface area contributed by atoms with Crippen LogP contribution in [0.2, 0.25) is 0 Å². The molecule has 0 saturated heterocycles. The molecule has 0 saturated carbocycles. The number of nitrogen functional groups attached to an aromatic ring is 1. The normalized spacial score (nSPS) is 10.9. The maximum Gasteiger partial charge on any atom is 0.265 e. The van der Waals surface area contributed by atoms with E-state index in [1.54, 1.807) is 22.1 Å². The summed E-state index contributed by atoms with van der Waals surface area (Å²) in [6, 6.07) is 31.7. The minimum absolute atomic E-state index is 0.215. The first-order valence-electron chi connectivity index (χ1n) is 11.6. The van der Waals surface area contributed by atoms with Gasteiger partial charge < -0.3 is 11.1 Å². The molecule has 0 fully saturated rings. The Morgan fingerprint density at radius 1 is 0.838 bits per heavy atom. The molecular weight excluding hydrogens is 498 g/mol. The van der Waals surface area contributed by atoms with Gasteiger partial charge in [0.2, 0.25) is 0 Å². The Morgan fingerprint density at radius 2 is 1.68 bits per heavy atom. The Morgan fingerprint density at radius 3 is 2.51 bits per heavy atom. The molecule has 3 heterocycles. The van der Waals surface area contributed by atoms with Crippen molar-refractivity contribution in [3.05, 3.63) is 114 Å². The van der Waals surface area contributed by atoms with Crippen LogP contribution in [0.15, 0.2) is 109 Å². The zero-order valence-corrected chi connectivity index (χ0v) is 21.2. The van der Waals surface area contributed by atoms with Crippen LogP contribution in [-0.4, -0.2) is 20.9 Å². The van der Waals surface area contributed by atoms with Crippen LogP contribution in [-0.2, 0) is 0 Å². The van der Waals surface area contributed by atoms with Crippen molar-refractivity contribution in [2.24, 2.45) is 0 Å². The van der Waals surface area contributed by atoms with E-state index in [9.17, 15) is 4.79 Å². The lowest BCUT2D eigenvalue weighted by Gasteiger charge is -2.09. The first kappa shape index (κ1) is 22.9. The van der Waals surface area contributed by atoms with Crippen molar-refractivity contribution in [2.75, 3.05) is 11.1 Å². The van der Waals surface area contributed by atoms with E-state index in [0.717, 1.165) is 32.1 Å². The highest BCUT2D eigenvalue weighted by atomic mass is 32.1. The Balaban J connectivity index is 1.24. The molecule has 0 atom stereocenters. The van der Waals surface area contributed by atoms with Gasteiger partial charge in [-0.15, -0.1) is 27.8 Å². The van der Waals surface area contributed by atoms with Crippen LogP contribution >= 0.6 is 22.7 Å². The van der Waals surface area contributed by atoms with Crippen LogP contribution in [0.25, 0.3) is 37.8 Å². The van der Waals surface area contributed by atoms with Crippen LogP contribution in [0.5, 0.6) is 0 Å². The van der Waals surface area contributed by atoms with Crippen molar-refractivity contribution in [2.45, 2.75) is 0 Å². The summed E-state index contributed by atoms with van der Waals surface area (Å²) in [5.74, 6) is -0.215. The van der Waals surface area contributed by atoms with Gasteiger partial charge in [-0.1, -0.05) is 65.9 Å². The van der Waals surface area contributed by atoms with Gasteiger partial charge in [0.1, 0.15) is 5.69 Å². The molecule has 0 radical (unpaired) electrons. The maximum atomic E-state index is 13.0. The molecule has 3 aromatic carbocycles. The number of benzene rings is 3. The third-order valence-electron chi connectivity index (χ3n) is 5.92. The molecule has 37 heavy (non-hydrogen) atoms. The predicted octanol–water partition coefficient (Wildman–Crippen LogP) is 7.23. The van der Waals surface area contributed by atoms with Crippen molar-refractivity contribution >= 4 is 40.0 Å². The van der Waals surface area contributed by atoms with Gasteiger partial charge in [-0.05, 0) is 52.9 Å². The quantitative estimate of drug-likeness (QED) is 0.227. The molecule has 1 amide bonds. The molecule has 6 aromatic rings. The number of hydrogen-bond donors (Lipinski definition) is 2. The van der Waals surface area contributed by atoms with Crippen LogP contribution in [0.4, 0.5) is 11.4 Å². The highest BCUT2D eigenvalue weighted by Gasteiger charge is 2.16. The molecule has 3 N–H and O–H groups in total. The summed E-state index contributed by atoms with van der Waals surface area (Å²) in [6.07, 6.45) is 1.89. The number of carbonyl (C=O) groups is 1. The maximum absolute atomic E-state index is 13.0. The molecule has 8 heteroatoms. The molecule has 3 aromatic heterocycles. The number of thiophene rings is 2. The van der Waals surface area contributed by atoms with Crippen molar-refractivity contribution in [1.29, 1.82) is 0 Å². The Labute approximate surface area is 221 Å². The Kier molecular flexibility index (Phi) is 6.10. The summed E-state index contributed by atoms with van der Waals surface area (Å²) in [5.41, 5.74) is 12.1. The van der Waals surface area contributed by atoms with E-state index in [4.69, 9.17) is 5.73 Å². The minimum atomic E-state index is -0.215. The number of carbonyl (C=O) groups excluding carboxylic acids is 1. The number of para-hydroxylation sites is 1. The van der Waals surface area contributed by atoms with E-state index in [0.29, 0.717) is 21.9 Å². The molecule has 6 rings (SSSR count). The van der Waals surface area contributed by atoms with Crippen LogP contribution in [0, 0.1) is 0 Å². The van der Waals surface area contributed by atoms with Crippen molar-refractivity contribution in [1.82, 2.24) is 15.0 Å². The summed E-state index contributed by atoms with van der Waals surface area (Å²) in [4.78, 5) is 15.6. The van der Waals surface area contributed by atoms with Gasteiger partial charge in [-0.3, -0.25) is 4.79 Å². The molecule has 180 valence electrons. The topological polar surface area (TPSA) is 85.8 Å². The fraction of sp³-hybridized carbons (Fsp3) is 0. The van der Waals surface area contributed by atoms with E-state index in [1.165, 1.54) is 11.3 Å². The van der Waals surface area contributed by atoms with E-state index in [-0.39, 0.29) is 5.91 Å². The van der Waals surface area contributed by atoms with Gasteiger partial charge in [0.05, 0.1) is 33.0 Å². The standard InChI is InChI=1S/C29H21N5OS2/c30-22-13-12-20(26-11-6-16-36-26)17-23(22)31-29(35)28-15-14-27(37-28)24-18-34(33-32-24)25-10-5-4-9-21(25)19-7-2-1-3-8-19/h1-18H,30H2,(H,31,35). The van der Waals surface area contributed by atoms with Gasteiger partial charge in [-0.2, -0.15) is 0 Å². The molecule has 6 nitrogen and oxygen atoms in total. The van der Waals surface area contributed by atoms with Crippen LogP contribution in [0.1, 0.15) is 9.67 Å². The molecule has 0 aliphatic carbocycles. The number of amides is 1. The summed E-state index contributed by atoms with van der Waals surface area (Å²) in [5, 5.41) is 13.7. The van der Waals surface area contributed by atoms with Gasteiger partial charge in [0.15, 0.2) is 0 Å². The number of nitrogens with one attached hydrogen (secondary N) is 1. The van der Waals surface area contributed by atoms with Crippen LogP contribution < -0.4 is 11.1 Å². The monoisotopic (exact) mass is 519 g/mol.